The first kappa shape index (κ1) is 19.7. The molecule has 0 atom stereocenters. The fourth-order valence-electron chi connectivity index (χ4n) is 2.33. The molecule has 0 radical (unpaired) electrons. The van der Waals surface area contributed by atoms with Gasteiger partial charge in [-0.3, -0.25) is 10.1 Å². The number of aromatic nitrogens is 2. The van der Waals surface area contributed by atoms with E-state index in [1.165, 1.54) is 31.0 Å². The van der Waals surface area contributed by atoms with Gasteiger partial charge in [-0.25, -0.2) is 4.39 Å². The van der Waals surface area contributed by atoms with Crippen LogP contribution in [0.25, 0.3) is 11.5 Å². The van der Waals surface area contributed by atoms with Gasteiger partial charge >= 0.3 is 6.01 Å². The maximum absolute atomic E-state index is 12.9. The maximum atomic E-state index is 12.9. The summed E-state index contributed by atoms with van der Waals surface area (Å²) in [6.45, 7) is 0. The molecule has 0 bridgehead atoms. The molecule has 0 saturated heterocycles. The number of methoxy groups -OCH3 is 2. The highest BCUT2D eigenvalue weighted by molar-refractivity contribution is 7.99. The monoisotopic (exact) mass is 403 g/mol. The van der Waals surface area contributed by atoms with Crippen LogP contribution in [-0.2, 0) is 4.79 Å². The Labute approximate surface area is 165 Å². The van der Waals surface area contributed by atoms with E-state index in [1.807, 2.05) is 0 Å². The van der Waals surface area contributed by atoms with E-state index in [4.69, 9.17) is 13.9 Å². The summed E-state index contributed by atoms with van der Waals surface area (Å²) in [5.41, 5.74) is 0.586. The zero-order chi connectivity index (χ0) is 19.9. The highest BCUT2D eigenvalue weighted by Gasteiger charge is 2.16. The second kappa shape index (κ2) is 9.23. The number of hydrogen-bond donors (Lipinski definition) is 1. The molecule has 0 fully saturated rings. The number of carbonyl (C=O) groups excluding carboxylic acids is 1. The molecule has 0 unspecified atom stereocenters. The quantitative estimate of drug-likeness (QED) is 0.569. The summed E-state index contributed by atoms with van der Waals surface area (Å²) < 4.78 is 28.9. The second-order valence-electron chi connectivity index (χ2n) is 5.58. The van der Waals surface area contributed by atoms with Crippen molar-refractivity contribution < 1.29 is 23.1 Å². The van der Waals surface area contributed by atoms with E-state index in [-0.39, 0.29) is 30.1 Å². The van der Waals surface area contributed by atoms with Crippen LogP contribution < -0.4 is 14.8 Å². The van der Waals surface area contributed by atoms with Crippen LogP contribution in [0.15, 0.2) is 51.8 Å². The van der Waals surface area contributed by atoms with Crippen LogP contribution in [0.4, 0.5) is 10.4 Å². The van der Waals surface area contributed by atoms with Gasteiger partial charge in [0.1, 0.15) is 17.3 Å². The summed E-state index contributed by atoms with van der Waals surface area (Å²) in [6.07, 6.45) is 0.242. The first-order valence-electron chi connectivity index (χ1n) is 8.33. The van der Waals surface area contributed by atoms with Gasteiger partial charge in [-0.15, -0.1) is 16.9 Å². The number of thioether (sulfide) groups is 1. The van der Waals surface area contributed by atoms with Crippen LogP contribution >= 0.6 is 11.8 Å². The number of ether oxygens (including phenoxy) is 2. The minimum Gasteiger partial charge on any atom is -0.497 e. The highest BCUT2D eigenvalue weighted by Crippen LogP contribution is 2.33. The fraction of sp³-hybridized carbons (Fsp3) is 0.211. The first-order chi connectivity index (χ1) is 13.6. The molecule has 0 aliphatic rings. The number of anilines is 1. The third-order valence-corrected chi connectivity index (χ3v) is 4.74. The van der Waals surface area contributed by atoms with E-state index in [1.54, 1.807) is 37.4 Å². The van der Waals surface area contributed by atoms with Crippen molar-refractivity contribution in [3.63, 3.8) is 0 Å². The van der Waals surface area contributed by atoms with Crippen molar-refractivity contribution in [2.24, 2.45) is 0 Å². The van der Waals surface area contributed by atoms with Crippen molar-refractivity contribution in [3.05, 3.63) is 48.3 Å². The van der Waals surface area contributed by atoms with E-state index < -0.39 is 0 Å². The largest absolute Gasteiger partial charge is 0.497 e. The molecule has 7 nitrogen and oxygen atoms in total. The smallest absolute Gasteiger partial charge is 0.322 e. The average Bonchev–Trinajstić information content (AvgIpc) is 3.17. The van der Waals surface area contributed by atoms with Gasteiger partial charge in [0.2, 0.25) is 5.91 Å². The Kier molecular flexibility index (Phi) is 6.49. The van der Waals surface area contributed by atoms with E-state index >= 15 is 0 Å². The van der Waals surface area contributed by atoms with E-state index in [2.05, 4.69) is 15.5 Å². The van der Waals surface area contributed by atoms with E-state index in [0.717, 1.165) is 4.90 Å². The van der Waals surface area contributed by atoms with E-state index in [9.17, 15) is 9.18 Å². The normalized spacial score (nSPS) is 10.5. The van der Waals surface area contributed by atoms with Crippen LogP contribution in [-0.4, -0.2) is 36.1 Å². The molecule has 0 aliphatic carbocycles. The molecule has 146 valence electrons. The third-order valence-electron chi connectivity index (χ3n) is 3.72. The molecular weight excluding hydrogens is 385 g/mol. The number of rotatable bonds is 8. The number of amides is 1. The number of benzene rings is 2. The van der Waals surface area contributed by atoms with Crippen molar-refractivity contribution in [3.8, 4) is 23.0 Å². The lowest BCUT2D eigenvalue weighted by Crippen LogP contribution is -2.12. The lowest BCUT2D eigenvalue weighted by Gasteiger charge is -2.07. The predicted molar refractivity (Wildman–Crippen MR) is 103 cm³/mol. The van der Waals surface area contributed by atoms with Gasteiger partial charge in [0.05, 0.1) is 19.8 Å². The summed E-state index contributed by atoms with van der Waals surface area (Å²) >= 11 is 1.46. The Hall–Kier alpha value is -3.07. The number of carbonyl (C=O) groups is 1. The molecule has 3 aromatic rings. The molecule has 1 aromatic heterocycles. The Bertz CT molecular complexity index is 947. The minimum absolute atomic E-state index is 0.00431. The zero-order valence-corrected chi connectivity index (χ0v) is 16.1. The molecule has 1 amide bonds. The lowest BCUT2D eigenvalue weighted by molar-refractivity contribution is -0.115. The maximum Gasteiger partial charge on any atom is 0.322 e. The Morgan fingerprint density at radius 3 is 2.64 bits per heavy atom. The topological polar surface area (TPSA) is 86.5 Å². The molecule has 3 rings (SSSR count). The Balaban J connectivity index is 1.57. The van der Waals surface area contributed by atoms with Gasteiger partial charge in [0, 0.05) is 23.1 Å². The molecule has 28 heavy (non-hydrogen) atoms. The van der Waals surface area contributed by atoms with Gasteiger partial charge < -0.3 is 13.9 Å². The first-order valence-corrected chi connectivity index (χ1v) is 9.31. The summed E-state index contributed by atoms with van der Waals surface area (Å²) in [4.78, 5) is 12.9. The number of halogens is 1. The molecule has 1 heterocycles. The van der Waals surface area contributed by atoms with Gasteiger partial charge in [0.15, 0.2) is 0 Å². The summed E-state index contributed by atoms with van der Waals surface area (Å²) in [5.74, 6) is 1.35. The highest BCUT2D eigenvalue weighted by atomic mass is 32.2. The molecule has 0 spiro atoms. The Morgan fingerprint density at radius 2 is 1.93 bits per heavy atom. The summed E-state index contributed by atoms with van der Waals surface area (Å²) in [6, 6.07) is 11.3. The third kappa shape index (κ3) is 5.01. The molecule has 9 heteroatoms. The van der Waals surface area contributed by atoms with Crippen LogP contribution in [0.2, 0.25) is 0 Å². The SMILES string of the molecule is COc1ccc(-c2nnc(NC(=O)CCSc3ccc(F)cc3)o2)c(OC)c1. The summed E-state index contributed by atoms with van der Waals surface area (Å²) in [5, 5.41) is 10.4. The number of nitrogens with one attached hydrogen (secondary N) is 1. The van der Waals surface area contributed by atoms with Gasteiger partial charge in [0.25, 0.3) is 5.89 Å². The van der Waals surface area contributed by atoms with Gasteiger partial charge in [-0.05, 0) is 36.4 Å². The molecular formula is C19H18FN3O4S. The van der Waals surface area contributed by atoms with Gasteiger partial charge in [-0.1, -0.05) is 5.10 Å². The van der Waals surface area contributed by atoms with Gasteiger partial charge in [-0.2, -0.15) is 0 Å². The van der Waals surface area contributed by atoms with Crippen molar-refractivity contribution in [2.75, 3.05) is 25.3 Å². The fourth-order valence-corrected chi connectivity index (χ4v) is 3.18. The predicted octanol–water partition coefficient (Wildman–Crippen LogP) is 4.01. The minimum atomic E-state index is -0.289. The molecule has 0 aliphatic heterocycles. The van der Waals surface area contributed by atoms with Crippen molar-refractivity contribution in [2.45, 2.75) is 11.3 Å². The number of hydrogen-bond acceptors (Lipinski definition) is 7. The summed E-state index contributed by atoms with van der Waals surface area (Å²) in [7, 11) is 3.08. The molecule has 1 N–H and O–H groups in total. The molecule has 0 saturated carbocycles. The van der Waals surface area contributed by atoms with Crippen molar-refractivity contribution in [1.29, 1.82) is 0 Å². The van der Waals surface area contributed by atoms with E-state index in [0.29, 0.717) is 22.8 Å². The van der Waals surface area contributed by atoms with Crippen molar-refractivity contribution in [1.82, 2.24) is 10.2 Å². The molecule has 2 aromatic carbocycles. The van der Waals surface area contributed by atoms with Crippen LogP contribution in [0, 0.1) is 5.82 Å². The lowest BCUT2D eigenvalue weighted by atomic mass is 10.2. The van der Waals surface area contributed by atoms with Crippen molar-refractivity contribution >= 4 is 23.7 Å². The average molecular weight is 403 g/mol. The second-order valence-corrected chi connectivity index (χ2v) is 6.75. The zero-order valence-electron chi connectivity index (χ0n) is 15.3. The van der Waals surface area contributed by atoms with Crippen LogP contribution in [0.1, 0.15) is 6.42 Å². The Morgan fingerprint density at radius 1 is 1.14 bits per heavy atom. The standard InChI is InChI=1S/C19H18FN3O4S/c1-25-13-5-8-15(16(11-13)26-2)18-22-23-19(27-18)21-17(24)9-10-28-14-6-3-12(20)4-7-14/h3-8,11H,9-10H2,1-2H3,(H,21,23,24). The van der Waals surface area contributed by atoms with Crippen LogP contribution in [0.3, 0.4) is 0 Å². The van der Waals surface area contributed by atoms with Crippen LogP contribution in [0.5, 0.6) is 11.5 Å². The number of nitrogens with zero attached hydrogens (tertiary/aromatic N) is 2.